The maximum absolute atomic E-state index is 13.6. The zero-order valence-electron chi connectivity index (χ0n) is 12.4. The summed E-state index contributed by atoms with van der Waals surface area (Å²) in [5.74, 6) is -11.0. The molecule has 0 atom stereocenters. The standard InChI is InChI=1S/C17H9F5N2O/c18-12-10(13(19)15(21)16(22)14(12)20)7-24-17(25)9-5-6-23-11-4-2-1-3-8(9)11/h1-6H,7H2,(H,24,25). The Bertz CT molecular complexity index is 956. The van der Waals surface area contributed by atoms with Crippen LogP contribution in [0.4, 0.5) is 22.0 Å². The lowest BCUT2D eigenvalue weighted by Crippen LogP contribution is -2.25. The molecule has 3 aromatic rings. The van der Waals surface area contributed by atoms with Crippen LogP contribution in [0.25, 0.3) is 10.9 Å². The normalized spacial score (nSPS) is 10.9. The van der Waals surface area contributed by atoms with Gasteiger partial charge in [0.2, 0.25) is 5.82 Å². The van der Waals surface area contributed by atoms with E-state index in [2.05, 4.69) is 10.3 Å². The second-order valence-corrected chi connectivity index (χ2v) is 5.11. The first kappa shape index (κ1) is 16.8. The van der Waals surface area contributed by atoms with Gasteiger partial charge < -0.3 is 5.32 Å². The number of carbonyl (C=O) groups is 1. The summed E-state index contributed by atoms with van der Waals surface area (Å²) in [6.07, 6.45) is 1.37. The van der Waals surface area contributed by atoms with Crippen LogP contribution in [0.5, 0.6) is 0 Å². The Balaban J connectivity index is 1.91. The third kappa shape index (κ3) is 2.90. The SMILES string of the molecule is O=C(NCc1c(F)c(F)c(F)c(F)c1F)c1ccnc2ccccc12. The van der Waals surface area contributed by atoms with Crippen LogP contribution >= 0.6 is 0 Å². The average Bonchev–Trinajstić information content (AvgIpc) is 2.64. The molecule has 128 valence electrons. The van der Waals surface area contributed by atoms with E-state index in [1.165, 1.54) is 12.3 Å². The fourth-order valence-corrected chi connectivity index (χ4v) is 2.36. The summed E-state index contributed by atoms with van der Waals surface area (Å²) in [6, 6.07) is 8.05. The maximum atomic E-state index is 13.6. The molecule has 0 aliphatic carbocycles. The van der Waals surface area contributed by atoms with Gasteiger partial charge >= 0.3 is 0 Å². The highest BCUT2D eigenvalue weighted by Crippen LogP contribution is 2.23. The van der Waals surface area contributed by atoms with Crippen molar-refractivity contribution in [2.45, 2.75) is 6.54 Å². The summed E-state index contributed by atoms with van der Waals surface area (Å²) < 4.78 is 66.6. The number of carbonyl (C=O) groups excluding carboxylic acids is 1. The van der Waals surface area contributed by atoms with Crippen molar-refractivity contribution in [3.8, 4) is 0 Å². The molecule has 1 heterocycles. The summed E-state index contributed by atoms with van der Waals surface area (Å²) in [7, 11) is 0. The summed E-state index contributed by atoms with van der Waals surface area (Å²) >= 11 is 0. The first-order valence-corrected chi connectivity index (χ1v) is 7.04. The van der Waals surface area contributed by atoms with Gasteiger partial charge in [-0.15, -0.1) is 0 Å². The van der Waals surface area contributed by atoms with Crippen LogP contribution < -0.4 is 5.32 Å². The number of para-hydroxylation sites is 1. The zero-order chi connectivity index (χ0) is 18.1. The summed E-state index contributed by atoms with van der Waals surface area (Å²) in [5.41, 5.74) is -0.427. The largest absolute Gasteiger partial charge is 0.348 e. The molecule has 25 heavy (non-hydrogen) atoms. The summed E-state index contributed by atoms with van der Waals surface area (Å²) in [4.78, 5) is 16.3. The van der Waals surface area contributed by atoms with Crippen LogP contribution in [-0.4, -0.2) is 10.9 Å². The number of fused-ring (bicyclic) bond motifs is 1. The summed E-state index contributed by atoms with van der Waals surface area (Å²) in [5, 5.41) is 2.65. The maximum Gasteiger partial charge on any atom is 0.252 e. The Morgan fingerprint density at radius 3 is 2.16 bits per heavy atom. The number of nitrogens with zero attached hydrogens (tertiary/aromatic N) is 1. The molecule has 2 aromatic carbocycles. The second kappa shape index (κ2) is 6.46. The molecular weight excluding hydrogens is 343 g/mol. The molecule has 0 aliphatic rings. The van der Waals surface area contributed by atoms with Crippen LogP contribution in [-0.2, 0) is 6.54 Å². The van der Waals surface area contributed by atoms with Crippen LogP contribution in [0.2, 0.25) is 0 Å². The number of pyridine rings is 1. The van der Waals surface area contributed by atoms with Gasteiger partial charge in [0.05, 0.1) is 11.1 Å². The average molecular weight is 352 g/mol. The summed E-state index contributed by atoms with van der Waals surface area (Å²) in [6.45, 7) is -0.860. The number of nitrogens with one attached hydrogen (secondary N) is 1. The van der Waals surface area contributed by atoms with Gasteiger partial charge in [-0.3, -0.25) is 9.78 Å². The molecule has 0 unspecified atom stereocenters. The van der Waals surface area contributed by atoms with E-state index in [9.17, 15) is 26.7 Å². The quantitative estimate of drug-likeness (QED) is 0.442. The van der Waals surface area contributed by atoms with Crippen molar-refractivity contribution in [3.63, 3.8) is 0 Å². The Labute approximate surface area is 138 Å². The molecule has 3 nitrogen and oxygen atoms in total. The fraction of sp³-hybridized carbons (Fsp3) is 0.0588. The van der Waals surface area contributed by atoms with Crippen molar-refractivity contribution in [2.75, 3.05) is 0 Å². The molecule has 0 fully saturated rings. The van der Waals surface area contributed by atoms with Gasteiger partial charge in [-0.2, -0.15) is 0 Å². The second-order valence-electron chi connectivity index (χ2n) is 5.11. The molecule has 0 spiro atoms. The molecule has 0 saturated heterocycles. The van der Waals surface area contributed by atoms with E-state index >= 15 is 0 Å². The van der Waals surface area contributed by atoms with Crippen molar-refractivity contribution in [1.82, 2.24) is 10.3 Å². The van der Waals surface area contributed by atoms with E-state index in [-0.39, 0.29) is 5.56 Å². The molecule has 0 aliphatic heterocycles. The number of aromatic nitrogens is 1. The van der Waals surface area contributed by atoms with Gasteiger partial charge in [0.1, 0.15) is 0 Å². The molecule has 1 N–H and O–H groups in total. The van der Waals surface area contributed by atoms with E-state index in [1.807, 2.05) is 0 Å². The highest BCUT2D eigenvalue weighted by Gasteiger charge is 2.25. The molecule has 0 radical (unpaired) electrons. The topological polar surface area (TPSA) is 42.0 Å². The van der Waals surface area contributed by atoms with Gasteiger partial charge in [0, 0.05) is 23.7 Å². The minimum atomic E-state index is -2.25. The Kier molecular flexibility index (Phi) is 4.35. The number of amides is 1. The minimum Gasteiger partial charge on any atom is -0.348 e. The molecule has 0 bridgehead atoms. The Morgan fingerprint density at radius 1 is 0.880 bits per heavy atom. The van der Waals surface area contributed by atoms with Gasteiger partial charge in [0.25, 0.3) is 5.91 Å². The lowest BCUT2D eigenvalue weighted by Gasteiger charge is -2.10. The number of hydrogen-bond donors (Lipinski definition) is 1. The van der Waals surface area contributed by atoms with Crippen molar-refractivity contribution in [3.05, 3.63) is 76.7 Å². The first-order chi connectivity index (χ1) is 11.9. The highest BCUT2D eigenvalue weighted by molar-refractivity contribution is 6.05. The smallest absolute Gasteiger partial charge is 0.252 e. The lowest BCUT2D eigenvalue weighted by atomic mass is 10.1. The van der Waals surface area contributed by atoms with Crippen molar-refractivity contribution in [1.29, 1.82) is 0 Å². The monoisotopic (exact) mass is 352 g/mol. The van der Waals surface area contributed by atoms with Crippen molar-refractivity contribution >= 4 is 16.8 Å². The van der Waals surface area contributed by atoms with Crippen molar-refractivity contribution < 1.29 is 26.7 Å². The molecule has 8 heteroatoms. The Hall–Kier alpha value is -3.03. The molecule has 1 amide bonds. The molecule has 0 saturated carbocycles. The van der Waals surface area contributed by atoms with Gasteiger partial charge in [-0.1, -0.05) is 18.2 Å². The Morgan fingerprint density at radius 2 is 1.48 bits per heavy atom. The molecule has 3 rings (SSSR count). The third-order valence-electron chi connectivity index (χ3n) is 3.62. The van der Waals surface area contributed by atoms with E-state index in [0.717, 1.165) is 0 Å². The predicted molar refractivity (Wildman–Crippen MR) is 79.1 cm³/mol. The number of benzene rings is 2. The number of hydrogen-bond acceptors (Lipinski definition) is 2. The van der Waals surface area contributed by atoms with Crippen LogP contribution in [0.3, 0.4) is 0 Å². The highest BCUT2D eigenvalue weighted by atomic mass is 19.2. The molecular formula is C17H9F5N2O. The van der Waals surface area contributed by atoms with Gasteiger partial charge in [0.15, 0.2) is 23.3 Å². The zero-order valence-corrected chi connectivity index (χ0v) is 12.4. The lowest BCUT2D eigenvalue weighted by molar-refractivity contribution is 0.0951. The fourth-order valence-electron chi connectivity index (χ4n) is 2.36. The predicted octanol–water partition coefficient (Wildman–Crippen LogP) is 3.86. The first-order valence-electron chi connectivity index (χ1n) is 7.04. The van der Waals surface area contributed by atoms with Gasteiger partial charge in [-0.05, 0) is 12.1 Å². The van der Waals surface area contributed by atoms with Crippen LogP contribution in [0.15, 0.2) is 36.5 Å². The minimum absolute atomic E-state index is 0.162. The molecule has 1 aromatic heterocycles. The third-order valence-corrected chi connectivity index (χ3v) is 3.62. The van der Waals surface area contributed by atoms with E-state index < -0.39 is 47.1 Å². The van der Waals surface area contributed by atoms with Gasteiger partial charge in [-0.25, -0.2) is 22.0 Å². The number of rotatable bonds is 3. The van der Waals surface area contributed by atoms with Crippen molar-refractivity contribution in [2.24, 2.45) is 0 Å². The van der Waals surface area contributed by atoms with Crippen LogP contribution in [0, 0.1) is 29.1 Å². The van der Waals surface area contributed by atoms with E-state index in [0.29, 0.717) is 10.9 Å². The number of halogens is 5. The van der Waals surface area contributed by atoms with Crippen LogP contribution in [0.1, 0.15) is 15.9 Å². The van der Waals surface area contributed by atoms with E-state index in [1.54, 1.807) is 24.3 Å². The van der Waals surface area contributed by atoms with E-state index in [4.69, 9.17) is 0 Å².